The first kappa shape index (κ1) is 17.2. The zero-order valence-corrected chi connectivity index (χ0v) is 14.8. The smallest absolute Gasteiger partial charge is 0.325 e. The van der Waals surface area contributed by atoms with Gasteiger partial charge in [-0.15, -0.1) is 0 Å². The lowest BCUT2D eigenvalue weighted by Gasteiger charge is -2.35. The van der Waals surface area contributed by atoms with E-state index in [-0.39, 0.29) is 24.4 Å². The summed E-state index contributed by atoms with van der Waals surface area (Å²) >= 11 is 0. The predicted molar refractivity (Wildman–Crippen MR) is 90.3 cm³/mol. The average molecular weight is 335 g/mol. The van der Waals surface area contributed by atoms with Crippen LogP contribution in [0.25, 0.3) is 0 Å². The van der Waals surface area contributed by atoms with E-state index in [0.717, 1.165) is 50.0 Å². The maximum absolute atomic E-state index is 12.9. The van der Waals surface area contributed by atoms with Gasteiger partial charge in [-0.2, -0.15) is 0 Å². The molecule has 2 aliphatic heterocycles. The number of piperidine rings is 1. The Bertz CT molecular complexity index is 526. The molecule has 1 saturated carbocycles. The second-order valence-corrected chi connectivity index (χ2v) is 7.69. The van der Waals surface area contributed by atoms with Gasteiger partial charge < -0.3 is 10.2 Å². The van der Waals surface area contributed by atoms with Gasteiger partial charge in [0.1, 0.15) is 12.1 Å². The summed E-state index contributed by atoms with van der Waals surface area (Å²) in [6.07, 6.45) is 7.57. The molecule has 134 valence electrons. The summed E-state index contributed by atoms with van der Waals surface area (Å²) in [5.41, 5.74) is -0.753. The van der Waals surface area contributed by atoms with Gasteiger partial charge in [-0.3, -0.25) is 14.5 Å². The number of carbonyl (C=O) groups is 3. The number of nitrogens with one attached hydrogen (secondary N) is 1. The van der Waals surface area contributed by atoms with Crippen molar-refractivity contribution in [1.29, 1.82) is 0 Å². The molecule has 0 bridgehead atoms. The van der Waals surface area contributed by atoms with E-state index in [9.17, 15) is 14.4 Å². The minimum absolute atomic E-state index is 0.106. The molecule has 24 heavy (non-hydrogen) atoms. The van der Waals surface area contributed by atoms with Crippen LogP contribution in [-0.2, 0) is 9.59 Å². The predicted octanol–water partition coefficient (Wildman–Crippen LogP) is 2.28. The van der Waals surface area contributed by atoms with Crippen molar-refractivity contribution in [2.24, 2.45) is 5.92 Å². The summed E-state index contributed by atoms with van der Waals surface area (Å²) in [7, 11) is 0. The van der Waals surface area contributed by atoms with Crippen LogP contribution in [0.4, 0.5) is 4.79 Å². The average Bonchev–Trinajstić information content (AvgIpc) is 2.80. The van der Waals surface area contributed by atoms with Crippen molar-refractivity contribution < 1.29 is 14.4 Å². The fourth-order valence-electron chi connectivity index (χ4n) is 4.43. The zero-order valence-electron chi connectivity index (χ0n) is 14.8. The van der Waals surface area contributed by atoms with Crippen LogP contribution in [-0.4, -0.2) is 52.3 Å². The lowest BCUT2D eigenvalue weighted by Crippen LogP contribution is -2.51. The van der Waals surface area contributed by atoms with Crippen LogP contribution in [0.3, 0.4) is 0 Å². The molecule has 1 aliphatic carbocycles. The normalized spacial score (nSPS) is 33.9. The Labute approximate surface area is 143 Å². The van der Waals surface area contributed by atoms with Gasteiger partial charge in [0.2, 0.25) is 5.91 Å². The third-order valence-electron chi connectivity index (χ3n) is 6.20. The highest BCUT2D eigenvalue weighted by Gasteiger charge is 2.52. The molecule has 4 amide bonds. The first-order valence-corrected chi connectivity index (χ1v) is 9.40. The van der Waals surface area contributed by atoms with Crippen LogP contribution in [0.1, 0.15) is 65.2 Å². The third-order valence-corrected chi connectivity index (χ3v) is 6.20. The Hall–Kier alpha value is -1.59. The van der Waals surface area contributed by atoms with Gasteiger partial charge in [-0.25, -0.2) is 4.79 Å². The van der Waals surface area contributed by atoms with Crippen LogP contribution in [0.5, 0.6) is 0 Å². The summed E-state index contributed by atoms with van der Waals surface area (Å²) in [5, 5.41) is 2.90. The Morgan fingerprint density at radius 2 is 1.92 bits per heavy atom. The Morgan fingerprint density at radius 3 is 2.54 bits per heavy atom. The molecular formula is C18H29N3O3. The van der Waals surface area contributed by atoms with E-state index in [1.54, 1.807) is 0 Å². The first-order chi connectivity index (χ1) is 11.5. The van der Waals surface area contributed by atoms with E-state index in [0.29, 0.717) is 18.8 Å². The maximum atomic E-state index is 12.9. The Morgan fingerprint density at radius 1 is 1.21 bits per heavy atom. The monoisotopic (exact) mass is 335 g/mol. The summed E-state index contributed by atoms with van der Waals surface area (Å²) in [6, 6.07) is -0.200. The van der Waals surface area contributed by atoms with Gasteiger partial charge in [0, 0.05) is 12.6 Å². The van der Waals surface area contributed by atoms with Crippen molar-refractivity contribution in [1.82, 2.24) is 15.1 Å². The number of nitrogens with zero attached hydrogens (tertiary/aromatic N) is 2. The fourth-order valence-corrected chi connectivity index (χ4v) is 4.43. The van der Waals surface area contributed by atoms with Crippen molar-refractivity contribution >= 4 is 17.8 Å². The van der Waals surface area contributed by atoms with Crippen molar-refractivity contribution in [3.63, 3.8) is 0 Å². The van der Waals surface area contributed by atoms with Gasteiger partial charge in [0.25, 0.3) is 5.91 Å². The molecular weight excluding hydrogens is 306 g/mol. The molecule has 1 N–H and O–H groups in total. The second-order valence-electron chi connectivity index (χ2n) is 7.69. The minimum atomic E-state index is -0.753. The Balaban J connectivity index is 1.65. The SMILES string of the molecule is CCC1CCC2(CC1)NC(=O)N(CC(=O)N1CCCCC1C)C2=O. The van der Waals surface area contributed by atoms with Crippen molar-refractivity contribution in [2.75, 3.05) is 13.1 Å². The molecule has 0 aromatic heterocycles. The molecule has 2 saturated heterocycles. The highest BCUT2D eigenvalue weighted by molar-refractivity contribution is 6.09. The van der Waals surface area contributed by atoms with Crippen molar-refractivity contribution in [3.8, 4) is 0 Å². The van der Waals surface area contributed by atoms with Crippen LogP contribution in [0.2, 0.25) is 0 Å². The molecule has 3 rings (SSSR count). The van der Waals surface area contributed by atoms with E-state index in [4.69, 9.17) is 0 Å². The molecule has 3 aliphatic rings. The van der Waals surface area contributed by atoms with Crippen LogP contribution < -0.4 is 5.32 Å². The van der Waals surface area contributed by atoms with Gasteiger partial charge >= 0.3 is 6.03 Å². The lowest BCUT2D eigenvalue weighted by atomic mass is 9.75. The number of likely N-dealkylation sites (tertiary alicyclic amines) is 1. The number of hydrogen-bond donors (Lipinski definition) is 1. The molecule has 3 fully saturated rings. The molecule has 6 heteroatoms. The fraction of sp³-hybridized carbons (Fsp3) is 0.833. The summed E-state index contributed by atoms with van der Waals surface area (Å²) < 4.78 is 0. The van der Waals surface area contributed by atoms with E-state index in [1.165, 1.54) is 0 Å². The zero-order chi connectivity index (χ0) is 17.3. The topological polar surface area (TPSA) is 69.7 Å². The van der Waals surface area contributed by atoms with Crippen molar-refractivity contribution in [3.05, 3.63) is 0 Å². The number of carbonyl (C=O) groups excluding carboxylic acids is 3. The van der Waals surface area contributed by atoms with E-state index >= 15 is 0 Å². The van der Waals surface area contributed by atoms with Gasteiger partial charge in [-0.1, -0.05) is 13.3 Å². The second kappa shape index (κ2) is 6.73. The largest absolute Gasteiger partial charge is 0.338 e. The molecule has 6 nitrogen and oxygen atoms in total. The molecule has 1 atom stereocenters. The number of urea groups is 1. The van der Waals surface area contributed by atoms with Crippen LogP contribution in [0, 0.1) is 5.92 Å². The lowest BCUT2D eigenvalue weighted by molar-refractivity contribution is -0.141. The summed E-state index contributed by atoms with van der Waals surface area (Å²) in [6.45, 7) is 4.82. The summed E-state index contributed by atoms with van der Waals surface area (Å²) in [5.74, 6) is 0.343. The molecule has 2 heterocycles. The number of amides is 4. The quantitative estimate of drug-likeness (QED) is 0.805. The third kappa shape index (κ3) is 3.03. The van der Waals surface area contributed by atoms with Gasteiger partial charge in [0.15, 0.2) is 0 Å². The number of rotatable bonds is 3. The summed E-state index contributed by atoms with van der Waals surface area (Å²) in [4.78, 5) is 40.7. The first-order valence-electron chi connectivity index (χ1n) is 9.40. The highest BCUT2D eigenvalue weighted by Crippen LogP contribution is 2.37. The van der Waals surface area contributed by atoms with Gasteiger partial charge in [0.05, 0.1) is 0 Å². The molecule has 0 aromatic carbocycles. The highest BCUT2D eigenvalue weighted by atomic mass is 16.2. The minimum Gasteiger partial charge on any atom is -0.338 e. The van der Waals surface area contributed by atoms with E-state index < -0.39 is 11.6 Å². The van der Waals surface area contributed by atoms with E-state index in [2.05, 4.69) is 12.2 Å². The maximum Gasteiger partial charge on any atom is 0.325 e. The standard InChI is InChI=1S/C18H29N3O3/c1-3-14-7-9-18(10-8-14)16(23)21(17(24)19-18)12-15(22)20-11-5-4-6-13(20)2/h13-14H,3-12H2,1-2H3,(H,19,24). The Kier molecular flexibility index (Phi) is 4.83. The molecule has 0 aromatic rings. The number of imide groups is 1. The van der Waals surface area contributed by atoms with Crippen molar-refractivity contribution in [2.45, 2.75) is 76.8 Å². The molecule has 1 unspecified atom stereocenters. The van der Waals surface area contributed by atoms with E-state index in [1.807, 2.05) is 11.8 Å². The molecule has 0 radical (unpaired) electrons. The van der Waals surface area contributed by atoms with Crippen LogP contribution >= 0.6 is 0 Å². The van der Waals surface area contributed by atoms with Gasteiger partial charge in [-0.05, 0) is 57.8 Å². The molecule has 1 spiro atoms. The van der Waals surface area contributed by atoms with Crippen LogP contribution in [0.15, 0.2) is 0 Å². The number of hydrogen-bond acceptors (Lipinski definition) is 3.